The Hall–Kier alpha value is -1.67. The molecule has 0 saturated carbocycles. The maximum Gasteiger partial charge on any atom is 0.317 e. The lowest BCUT2D eigenvalue weighted by atomic mass is 9.94. The molecule has 2 aliphatic heterocycles. The SMILES string of the molecule is COCCc1noc(CC2CCN(C(=O)N[C@@H]3CCOC3)CC2)n1. The molecule has 1 aromatic heterocycles. The zero-order valence-corrected chi connectivity index (χ0v) is 14.2. The second kappa shape index (κ2) is 8.43. The molecule has 0 spiro atoms. The zero-order chi connectivity index (χ0) is 16.8. The molecule has 1 N–H and O–H groups in total. The van der Waals surface area contributed by atoms with Crippen LogP contribution in [0, 0.1) is 5.92 Å². The molecule has 8 heteroatoms. The minimum atomic E-state index is 0.0311. The number of nitrogens with one attached hydrogen (secondary N) is 1. The topological polar surface area (TPSA) is 89.7 Å². The zero-order valence-electron chi connectivity index (χ0n) is 14.2. The summed E-state index contributed by atoms with van der Waals surface area (Å²) in [4.78, 5) is 18.5. The van der Waals surface area contributed by atoms with E-state index in [1.54, 1.807) is 7.11 Å². The average Bonchev–Trinajstić information content (AvgIpc) is 3.25. The predicted molar refractivity (Wildman–Crippen MR) is 85.6 cm³/mol. The van der Waals surface area contributed by atoms with Crippen LogP contribution in [0.1, 0.15) is 31.0 Å². The lowest BCUT2D eigenvalue weighted by molar-refractivity contribution is 0.159. The molecule has 2 fully saturated rings. The first-order valence-electron chi connectivity index (χ1n) is 8.68. The van der Waals surface area contributed by atoms with E-state index in [-0.39, 0.29) is 12.1 Å². The highest BCUT2D eigenvalue weighted by molar-refractivity contribution is 5.74. The standard InChI is InChI=1S/C16H26N4O4/c1-22-8-5-14-18-15(24-19-14)10-12-2-6-20(7-3-12)16(21)17-13-4-9-23-11-13/h12-13H,2-11H2,1H3,(H,17,21)/t13-/m1/s1. The van der Waals surface area contributed by atoms with Crippen molar-refractivity contribution in [3.8, 4) is 0 Å². The summed E-state index contributed by atoms with van der Waals surface area (Å²) in [6.07, 6.45) is 4.29. The van der Waals surface area contributed by atoms with E-state index >= 15 is 0 Å². The summed E-state index contributed by atoms with van der Waals surface area (Å²) in [6, 6.07) is 0.197. The molecular formula is C16H26N4O4. The summed E-state index contributed by atoms with van der Waals surface area (Å²) in [5, 5.41) is 7.01. The van der Waals surface area contributed by atoms with Gasteiger partial charge in [0.25, 0.3) is 0 Å². The van der Waals surface area contributed by atoms with Crippen LogP contribution in [0.3, 0.4) is 0 Å². The predicted octanol–water partition coefficient (Wildman–Crippen LogP) is 1.01. The van der Waals surface area contributed by atoms with Crippen LogP contribution in [0.2, 0.25) is 0 Å². The van der Waals surface area contributed by atoms with Gasteiger partial charge in [0.15, 0.2) is 5.82 Å². The van der Waals surface area contributed by atoms with Gasteiger partial charge in [-0.3, -0.25) is 0 Å². The Morgan fingerprint density at radius 2 is 2.21 bits per heavy atom. The number of carbonyl (C=O) groups excluding carboxylic acids is 1. The molecule has 134 valence electrons. The van der Waals surface area contributed by atoms with Gasteiger partial charge in [0.1, 0.15) is 0 Å². The van der Waals surface area contributed by atoms with Crippen LogP contribution in [-0.2, 0) is 22.3 Å². The molecule has 0 unspecified atom stereocenters. The number of nitrogens with zero attached hydrogens (tertiary/aromatic N) is 3. The van der Waals surface area contributed by atoms with Gasteiger partial charge in [0.05, 0.1) is 19.3 Å². The molecule has 24 heavy (non-hydrogen) atoms. The molecule has 0 radical (unpaired) electrons. The van der Waals surface area contributed by atoms with Crippen LogP contribution >= 0.6 is 0 Å². The summed E-state index contributed by atoms with van der Waals surface area (Å²) in [7, 11) is 1.66. The van der Waals surface area contributed by atoms with Crippen LogP contribution in [-0.4, -0.2) is 67.1 Å². The summed E-state index contributed by atoms with van der Waals surface area (Å²) >= 11 is 0. The number of carbonyl (C=O) groups is 1. The highest BCUT2D eigenvalue weighted by atomic mass is 16.5. The van der Waals surface area contributed by atoms with Crippen LogP contribution in [0.15, 0.2) is 4.52 Å². The van der Waals surface area contributed by atoms with Crippen molar-refractivity contribution in [2.45, 2.75) is 38.1 Å². The van der Waals surface area contributed by atoms with Crippen molar-refractivity contribution in [2.75, 3.05) is 40.0 Å². The summed E-state index contributed by atoms with van der Waals surface area (Å²) < 4.78 is 15.6. The van der Waals surface area contributed by atoms with Gasteiger partial charge in [0.2, 0.25) is 5.89 Å². The Labute approximate surface area is 141 Å². The number of urea groups is 1. The van der Waals surface area contributed by atoms with E-state index in [0.29, 0.717) is 37.3 Å². The van der Waals surface area contributed by atoms with Gasteiger partial charge >= 0.3 is 6.03 Å². The van der Waals surface area contributed by atoms with Crippen LogP contribution in [0.5, 0.6) is 0 Å². The molecular weight excluding hydrogens is 312 g/mol. The lowest BCUT2D eigenvalue weighted by Gasteiger charge is -2.32. The molecule has 0 aromatic carbocycles. The third-order valence-corrected chi connectivity index (χ3v) is 4.66. The van der Waals surface area contributed by atoms with Crippen molar-refractivity contribution in [2.24, 2.45) is 5.92 Å². The summed E-state index contributed by atoms with van der Waals surface area (Å²) in [5.41, 5.74) is 0. The van der Waals surface area contributed by atoms with Crippen LogP contribution in [0.25, 0.3) is 0 Å². The normalized spacial score (nSPS) is 22.0. The lowest BCUT2D eigenvalue weighted by Crippen LogP contribution is -2.48. The molecule has 0 aliphatic carbocycles. The summed E-state index contributed by atoms with van der Waals surface area (Å²) in [5.74, 6) is 1.87. The average molecular weight is 338 g/mol. The van der Waals surface area contributed by atoms with E-state index in [4.69, 9.17) is 14.0 Å². The Kier molecular flexibility index (Phi) is 6.03. The number of methoxy groups -OCH3 is 1. The third kappa shape index (κ3) is 4.67. The molecule has 2 amide bonds. The maximum absolute atomic E-state index is 12.2. The number of aromatic nitrogens is 2. The monoisotopic (exact) mass is 338 g/mol. The second-order valence-corrected chi connectivity index (χ2v) is 6.49. The van der Waals surface area contributed by atoms with Crippen LogP contribution < -0.4 is 5.32 Å². The van der Waals surface area contributed by atoms with Gasteiger partial charge < -0.3 is 24.2 Å². The van der Waals surface area contributed by atoms with E-state index in [9.17, 15) is 4.79 Å². The van der Waals surface area contributed by atoms with Crippen molar-refractivity contribution in [1.29, 1.82) is 0 Å². The van der Waals surface area contributed by atoms with Crippen molar-refractivity contribution in [1.82, 2.24) is 20.4 Å². The highest BCUT2D eigenvalue weighted by Gasteiger charge is 2.26. The van der Waals surface area contributed by atoms with E-state index in [1.807, 2.05) is 4.90 Å². The number of hydrogen-bond donors (Lipinski definition) is 1. The van der Waals surface area contributed by atoms with Gasteiger partial charge in [-0.05, 0) is 25.2 Å². The molecule has 1 aromatic rings. The number of piperidine rings is 1. The Morgan fingerprint density at radius 1 is 1.38 bits per heavy atom. The number of rotatable bonds is 6. The maximum atomic E-state index is 12.2. The fraction of sp³-hybridized carbons (Fsp3) is 0.812. The quantitative estimate of drug-likeness (QED) is 0.833. The fourth-order valence-electron chi connectivity index (χ4n) is 3.17. The van der Waals surface area contributed by atoms with Gasteiger partial charge in [-0.2, -0.15) is 4.98 Å². The smallest absolute Gasteiger partial charge is 0.317 e. The van der Waals surface area contributed by atoms with Crippen LogP contribution in [0.4, 0.5) is 4.79 Å². The number of amides is 2. The Bertz CT molecular complexity index is 522. The molecule has 3 rings (SSSR count). The van der Waals surface area contributed by atoms with Gasteiger partial charge in [-0.25, -0.2) is 4.79 Å². The highest BCUT2D eigenvalue weighted by Crippen LogP contribution is 2.21. The first-order valence-corrected chi connectivity index (χ1v) is 8.68. The Balaban J connectivity index is 1.39. The first-order chi connectivity index (χ1) is 11.7. The molecule has 2 aliphatic rings. The fourth-order valence-corrected chi connectivity index (χ4v) is 3.17. The van der Waals surface area contributed by atoms with E-state index in [0.717, 1.165) is 45.4 Å². The second-order valence-electron chi connectivity index (χ2n) is 6.49. The molecule has 8 nitrogen and oxygen atoms in total. The van der Waals surface area contributed by atoms with Crippen molar-refractivity contribution in [3.05, 3.63) is 11.7 Å². The molecule has 3 heterocycles. The van der Waals surface area contributed by atoms with Crippen molar-refractivity contribution in [3.63, 3.8) is 0 Å². The molecule has 2 saturated heterocycles. The van der Waals surface area contributed by atoms with Crippen molar-refractivity contribution < 1.29 is 18.8 Å². The van der Waals surface area contributed by atoms with Gasteiger partial charge in [-0.1, -0.05) is 5.16 Å². The minimum absolute atomic E-state index is 0.0311. The van der Waals surface area contributed by atoms with E-state index in [1.165, 1.54) is 0 Å². The van der Waals surface area contributed by atoms with Gasteiger partial charge in [-0.15, -0.1) is 0 Å². The van der Waals surface area contributed by atoms with E-state index < -0.39 is 0 Å². The van der Waals surface area contributed by atoms with Gasteiger partial charge in [0, 0.05) is 39.6 Å². The number of ether oxygens (including phenoxy) is 2. The number of hydrogen-bond acceptors (Lipinski definition) is 6. The Morgan fingerprint density at radius 3 is 2.92 bits per heavy atom. The molecule has 1 atom stereocenters. The van der Waals surface area contributed by atoms with Crippen molar-refractivity contribution >= 4 is 6.03 Å². The minimum Gasteiger partial charge on any atom is -0.384 e. The number of likely N-dealkylation sites (tertiary alicyclic amines) is 1. The molecule has 0 bridgehead atoms. The first kappa shape index (κ1) is 17.2. The summed E-state index contributed by atoms with van der Waals surface area (Å²) in [6.45, 7) is 3.51. The largest absolute Gasteiger partial charge is 0.384 e. The van der Waals surface area contributed by atoms with E-state index in [2.05, 4.69) is 15.5 Å². The third-order valence-electron chi connectivity index (χ3n) is 4.66.